The molecule has 70 valence electrons. The van der Waals surface area contributed by atoms with Crippen molar-refractivity contribution in [3.05, 3.63) is 29.0 Å². The maximum Gasteiger partial charge on any atom is 0.192 e. The Bertz CT molecular complexity index is 338. The minimum Gasteiger partial charge on any atom is -0.370 e. The Hall–Kier alpha value is -1.29. The molecule has 0 amide bonds. The standard InChI is InChI=1S/C8H9ClFN3/c1-12-8(11)13-5-2-3-6(9)7(10)4-5/h2-4H,1H3,(H3,11,12,13). The van der Waals surface area contributed by atoms with Crippen molar-refractivity contribution in [1.29, 1.82) is 0 Å². The summed E-state index contributed by atoms with van der Waals surface area (Å²) < 4.78 is 12.9. The van der Waals surface area contributed by atoms with Gasteiger partial charge in [0.05, 0.1) is 5.02 Å². The van der Waals surface area contributed by atoms with Gasteiger partial charge in [0, 0.05) is 12.7 Å². The zero-order chi connectivity index (χ0) is 9.84. The maximum absolute atomic E-state index is 12.9. The van der Waals surface area contributed by atoms with Crippen LogP contribution < -0.4 is 11.1 Å². The van der Waals surface area contributed by atoms with Gasteiger partial charge < -0.3 is 11.1 Å². The number of nitrogens with two attached hydrogens (primary N) is 1. The van der Waals surface area contributed by atoms with Crippen molar-refractivity contribution in [1.82, 2.24) is 0 Å². The minimum atomic E-state index is -0.490. The van der Waals surface area contributed by atoms with Crippen LogP contribution in [0.2, 0.25) is 5.02 Å². The molecule has 0 aliphatic heterocycles. The van der Waals surface area contributed by atoms with Gasteiger partial charge in [-0.1, -0.05) is 11.6 Å². The molecule has 1 aromatic rings. The van der Waals surface area contributed by atoms with Gasteiger partial charge in [0.2, 0.25) is 0 Å². The molecule has 0 bridgehead atoms. The smallest absolute Gasteiger partial charge is 0.192 e. The summed E-state index contributed by atoms with van der Waals surface area (Å²) in [6.45, 7) is 0. The second-order valence-electron chi connectivity index (χ2n) is 2.36. The third-order valence-electron chi connectivity index (χ3n) is 1.43. The number of rotatable bonds is 1. The number of hydrogen-bond donors (Lipinski definition) is 2. The number of halogens is 2. The van der Waals surface area contributed by atoms with E-state index >= 15 is 0 Å². The number of anilines is 1. The largest absolute Gasteiger partial charge is 0.370 e. The van der Waals surface area contributed by atoms with E-state index in [1.807, 2.05) is 0 Å². The molecule has 0 spiro atoms. The van der Waals surface area contributed by atoms with E-state index in [1.54, 1.807) is 6.07 Å². The third-order valence-corrected chi connectivity index (χ3v) is 1.74. The highest BCUT2D eigenvalue weighted by molar-refractivity contribution is 6.30. The van der Waals surface area contributed by atoms with Crippen molar-refractivity contribution in [3.8, 4) is 0 Å². The third kappa shape index (κ3) is 2.59. The molecule has 3 nitrogen and oxygen atoms in total. The summed E-state index contributed by atoms with van der Waals surface area (Å²) in [4.78, 5) is 3.66. The number of guanidine groups is 1. The molecule has 0 heterocycles. The summed E-state index contributed by atoms with van der Waals surface area (Å²) >= 11 is 5.49. The SMILES string of the molecule is CN=C(N)Nc1ccc(Cl)c(F)c1. The Morgan fingerprint density at radius 1 is 1.62 bits per heavy atom. The second-order valence-corrected chi connectivity index (χ2v) is 2.77. The van der Waals surface area contributed by atoms with Gasteiger partial charge in [0.1, 0.15) is 5.82 Å². The van der Waals surface area contributed by atoms with Crippen molar-refractivity contribution in [2.45, 2.75) is 0 Å². The first kappa shape index (κ1) is 9.80. The molecule has 1 rings (SSSR count). The van der Waals surface area contributed by atoms with Gasteiger partial charge in [-0.3, -0.25) is 4.99 Å². The molecule has 0 saturated heterocycles. The lowest BCUT2D eigenvalue weighted by molar-refractivity contribution is 0.629. The number of benzene rings is 1. The van der Waals surface area contributed by atoms with Crippen LogP contribution in [0.1, 0.15) is 0 Å². The molecule has 0 aliphatic carbocycles. The Kier molecular flexibility index (Phi) is 3.08. The van der Waals surface area contributed by atoms with Gasteiger partial charge in [-0.05, 0) is 18.2 Å². The van der Waals surface area contributed by atoms with Crippen molar-refractivity contribution < 1.29 is 4.39 Å². The molecular formula is C8H9ClFN3. The predicted octanol–water partition coefficient (Wildman–Crippen LogP) is 1.84. The van der Waals surface area contributed by atoms with E-state index in [0.717, 1.165) is 0 Å². The first-order valence-corrected chi connectivity index (χ1v) is 3.95. The lowest BCUT2D eigenvalue weighted by Gasteiger charge is -2.04. The second kappa shape index (κ2) is 4.09. The molecule has 0 aliphatic rings. The summed E-state index contributed by atoms with van der Waals surface area (Å²) in [6, 6.07) is 4.31. The van der Waals surface area contributed by atoms with Crippen molar-refractivity contribution >= 4 is 23.2 Å². The minimum absolute atomic E-state index is 0.0811. The van der Waals surface area contributed by atoms with E-state index in [1.165, 1.54) is 19.2 Å². The summed E-state index contributed by atoms with van der Waals surface area (Å²) in [7, 11) is 1.54. The monoisotopic (exact) mass is 201 g/mol. The van der Waals surface area contributed by atoms with E-state index in [-0.39, 0.29) is 11.0 Å². The van der Waals surface area contributed by atoms with Crippen molar-refractivity contribution in [3.63, 3.8) is 0 Å². The average Bonchev–Trinajstić information content (AvgIpc) is 2.11. The Morgan fingerprint density at radius 3 is 2.85 bits per heavy atom. The van der Waals surface area contributed by atoms with Crippen LogP contribution in [0.3, 0.4) is 0 Å². The van der Waals surface area contributed by atoms with Crippen LogP contribution >= 0.6 is 11.6 Å². The number of hydrogen-bond acceptors (Lipinski definition) is 1. The number of aliphatic imine (C=N–C) groups is 1. The first-order chi connectivity index (χ1) is 6.13. The molecular weight excluding hydrogens is 193 g/mol. The predicted molar refractivity (Wildman–Crippen MR) is 52.6 cm³/mol. The molecule has 3 N–H and O–H groups in total. The zero-order valence-corrected chi connectivity index (χ0v) is 7.77. The Balaban J connectivity index is 2.86. The summed E-state index contributed by atoms with van der Waals surface area (Å²) in [5, 5.41) is 2.77. The first-order valence-electron chi connectivity index (χ1n) is 3.58. The van der Waals surface area contributed by atoms with Crippen LogP contribution in [0.5, 0.6) is 0 Å². The van der Waals surface area contributed by atoms with Gasteiger partial charge >= 0.3 is 0 Å². The molecule has 0 radical (unpaired) electrons. The molecule has 0 atom stereocenters. The Labute approximate surface area is 80.4 Å². The number of nitrogens with zero attached hydrogens (tertiary/aromatic N) is 1. The highest BCUT2D eigenvalue weighted by Gasteiger charge is 2.00. The van der Waals surface area contributed by atoms with E-state index in [2.05, 4.69) is 10.3 Å². The summed E-state index contributed by atoms with van der Waals surface area (Å²) in [6.07, 6.45) is 0. The van der Waals surface area contributed by atoms with Gasteiger partial charge in [-0.15, -0.1) is 0 Å². The lowest BCUT2D eigenvalue weighted by Crippen LogP contribution is -2.21. The van der Waals surface area contributed by atoms with Gasteiger partial charge in [-0.2, -0.15) is 0 Å². The van der Waals surface area contributed by atoms with Crippen LogP contribution in [0.25, 0.3) is 0 Å². The van der Waals surface area contributed by atoms with Gasteiger partial charge in [0.25, 0.3) is 0 Å². The highest BCUT2D eigenvalue weighted by Crippen LogP contribution is 2.18. The van der Waals surface area contributed by atoms with Crippen molar-refractivity contribution in [2.75, 3.05) is 12.4 Å². The van der Waals surface area contributed by atoms with E-state index in [4.69, 9.17) is 17.3 Å². The fraction of sp³-hybridized carbons (Fsp3) is 0.125. The summed E-state index contributed by atoms with van der Waals surface area (Å²) in [5.41, 5.74) is 5.90. The quantitative estimate of drug-likeness (QED) is 0.538. The van der Waals surface area contributed by atoms with Gasteiger partial charge in [-0.25, -0.2) is 4.39 Å². The number of nitrogens with one attached hydrogen (secondary N) is 1. The van der Waals surface area contributed by atoms with Crippen molar-refractivity contribution in [2.24, 2.45) is 10.7 Å². The zero-order valence-electron chi connectivity index (χ0n) is 7.01. The fourth-order valence-corrected chi connectivity index (χ4v) is 0.895. The molecule has 5 heteroatoms. The lowest BCUT2D eigenvalue weighted by atomic mass is 10.3. The average molecular weight is 202 g/mol. The van der Waals surface area contributed by atoms with E-state index in [0.29, 0.717) is 5.69 Å². The van der Waals surface area contributed by atoms with Crippen LogP contribution in [-0.4, -0.2) is 13.0 Å². The van der Waals surface area contributed by atoms with Gasteiger partial charge in [0.15, 0.2) is 5.96 Å². The molecule has 0 aromatic heterocycles. The molecule has 0 unspecified atom stereocenters. The summed E-state index contributed by atoms with van der Waals surface area (Å²) in [5.74, 6) is -0.266. The maximum atomic E-state index is 12.9. The fourth-order valence-electron chi connectivity index (χ4n) is 0.778. The molecule has 0 saturated carbocycles. The molecule has 13 heavy (non-hydrogen) atoms. The van der Waals surface area contributed by atoms with E-state index < -0.39 is 5.82 Å². The topological polar surface area (TPSA) is 50.4 Å². The highest BCUT2D eigenvalue weighted by atomic mass is 35.5. The van der Waals surface area contributed by atoms with Crippen LogP contribution in [0.4, 0.5) is 10.1 Å². The molecule has 0 fully saturated rings. The van der Waals surface area contributed by atoms with Crippen LogP contribution in [0.15, 0.2) is 23.2 Å². The molecule has 1 aromatic carbocycles. The van der Waals surface area contributed by atoms with Crippen LogP contribution in [-0.2, 0) is 0 Å². The van der Waals surface area contributed by atoms with Crippen LogP contribution in [0, 0.1) is 5.82 Å². The normalized spacial score (nSPS) is 11.5. The Morgan fingerprint density at radius 2 is 2.31 bits per heavy atom. The van der Waals surface area contributed by atoms with E-state index in [9.17, 15) is 4.39 Å².